The summed E-state index contributed by atoms with van der Waals surface area (Å²) in [6.07, 6.45) is -14.3. The molecule has 4 aliphatic carbocycles. The van der Waals surface area contributed by atoms with Gasteiger partial charge in [-0.15, -0.1) is 0 Å². The standard InChI is InChI=1S/C69H106F8N12O12/c1-12-39(3)56-64(99)83(7)38-54(92)85(9)49-21-16-17-31-88(63(49)98)51(35-40-22-25-43(26-23-40)68(72,73)74)62(97)82(6)37-52(90)78-46(27-24-41-33-44(70)55(45(71)34-41)69(75,76)77)60(95)89-32-28-48(89)59(94)80-67(29-18-30-67)66(101)87(11)57(42-19-14-15-20-42)65(100)86(10)50(61(96)81(4)5)36-53(91)84(8)47(13-2)58(93)79-56/h39-51,55-57H,12-38H2,1-11H3,(H,78,90)(H,79,93)(H,80,94)/t39-,40?,41?,43?,44?,45?,46-,47-,48-,49-,50-,51-,55?,56-,57-/m0/s1. The highest BCUT2D eigenvalue weighted by molar-refractivity contribution is 6.01. The summed E-state index contributed by atoms with van der Waals surface area (Å²) in [4.78, 5) is 188. The largest absolute Gasteiger partial charge is 0.397 e. The summed E-state index contributed by atoms with van der Waals surface area (Å²) < 4.78 is 114. The SMILES string of the molecule is CC[C@H](C)[C@@H]1NC(=O)[C@H](CC)N(C)C(=O)C[C@@H](C(=O)N(C)C)N(C)C(=O)[C@H](C2CCCC2)N(C)C(=O)C2(CCC2)NC(=O)[C@@H]2CCN2C(=O)[C@H](CCC2CC(F)C(C(F)(F)F)C(F)C2)NC(=O)CN(C)C(=O)[C@H](CC2CCC(C(F)(F)F)CC2)N2CCCC[C@@H](C2=O)N(C)C(=O)CN(C)C1=O. The summed E-state index contributed by atoms with van der Waals surface area (Å²) in [7, 11) is 10.9. The first-order valence-corrected chi connectivity index (χ1v) is 36.0. The molecule has 3 aliphatic heterocycles. The molecule has 0 aromatic heterocycles. The van der Waals surface area contributed by atoms with Gasteiger partial charge in [0.15, 0.2) is 0 Å². The third-order valence-corrected chi connectivity index (χ3v) is 23.0. The Morgan fingerprint density at radius 3 is 1.72 bits per heavy atom. The molecule has 12 amide bonds. The zero-order chi connectivity index (χ0) is 75.1. The zero-order valence-corrected chi connectivity index (χ0v) is 60.3. The number of nitrogens with zero attached hydrogens (tertiary/aromatic N) is 9. The second-order valence-electron chi connectivity index (χ2n) is 30.0. The van der Waals surface area contributed by atoms with E-state index in [-0.39, 0.29) is 90.1 Å². The van der Waals surface area contributed by atoms with Crippen molar-refractivity contribution in [3.63, 3.8) is 0 Å². The molecular weight excluding hydrogens is 1340 g/mol. The van der Waals surface area contributed by atoms with E-state index in [1.165, 1.54) is 71.1 Å². The fourth-order valence-electron chi connectivity index (χ4n) is 16.2. The first kappa shape index (κ1) is 81.4. The van der Waals surface area contributed by atoms with Crippen molar-refractivity contribution in [3.8, 4) is 0 Å². The van der Waals surface area contributed by atoms with E-state index in [1.807, 2.05) is 0 Å². The topological polar surface area (TPSA) is 270 Å². The van der Waals surface area contributed by atoms with E-state index in [0.717, 1.165) is 29.4 Å². The first-order valence-electron chi connectivity index (χ1n) is 36.0. The molecule has 7 fully saturated rings. The molecule has 3 heterocycles. The maximum Gasteiger partial charge on any atom is 0.397 e. The van der Waals surface area contributed by atoms with E-state index in [0.29, 0.717) is 44.9 Å². The van der Waals surface area contributed by atoms with Gasteiger partial charge in [0.25, 0.3) is 0 Å². The molecule has 24 nitrogen and oxygen atoms in total. The molecule has 0 aromatic rings. The quantitative estimate of drug-likeness (QED) is 0.240. The molecular formula is C69H106F8N12O12. The van der Waals surface area contributed by atoms with E-state index in [2.05, 4.69) is 16.0 Å². The minimum absolute atomic E-state index is 0.00972. The minimum Gasteiger partial charge on any atom is -0.347 e. The Kier molecular flexibility index (Phi) is 27.5. The number of amides is 12. The minimum atomic E-state index is -5.19. The first-order chi connectivity index (χ1) is 47.3. The number of hydrogen-bond acceptors (Lipinski definition) is 12. The predicted molar refractivity (Wildman–Crippen MR) is 352 cm³/mol. The van der Waals surface area contributed by atoms with Crippen LogP contribution in [-0.2, 0) is 57.5 Å². The molecule has 0 aromatic carbocycles. The molecule has 2 unspecified atom stereocenters. The molecule has 1 spiro atoms. The summed E-state index contributed by atoms with van der Waals surface area (Å²) in [6, 6.07) is -10.8. The van der Waals surface area contributed by atoms with Gasteiger partial charge in [0.05, 0.1) is 25.4 Å². The van der Waals surface area contributed by atoms with Crippen molar-refractivity contribution in [1.29, 1.82) is 0 Å². The van der Waals surface area contributed by atoms with Crippen LogP contribution >= 0.6 is 0 Å². The Labute approximate surface area is 586 Å². The van der Waals surface area contributed by atoms with Crippen molar-refractivity contribution in [2.24, 2.45) is 35.5 Å². The number of nitrogens with one attached hydrogen (secondary N) is 3. The van der Waals surface area contributed by atoms with Crippen molar-refractivity contribution in [1.82, 2.24) is 60.0 Å². The summed E-state index contributed by atoms with van der Waals surface area (Å²) >= 11 is 0. The number of carbonyl (C=O) groups is 12. The van der Waals surface area contributed by atoms with Crippen molar-refractivity contribution >= 4 is 70.9 Å². The van der Waals surface area contributed by atoms with Crippen LogP contribution in [-0.4, -0.2) is 276 Å². The van der Waals surface area contributed by atoms with E-state index in [4.69, 9.17) is 0 Å². The van der Waals surface area contributed by atoms with Crippen molar-refractivity contribution < 1.29 is 92.7 Å². The molecule has 7 aliphatic rings. The molecule has 11 atom stereocenters. The van der Waals surface area contributed by atoms with E-state index < -0.39 is 224 Å². The summed E-state index contributed by atoms with van der Waals surface area (Å²) in [5.74, 6) is -16.3. The average molecular weight is 1450 g/mol. The molecule has 570 valence electrons. The van der Waals surface area contributed by atoms with Gasteiger partial charge in [0.2, 0.25) is 70.9 Å². The van der Waals surface area contributed by atoms with Gasteiger partial charge in [-0.05, 0) is 146 Å². The molecule has 32 heteroatoms. The normalized spacial score (nSPS) is 32.2. The van der Waals surface area contributed by atoms with Crippen LogP contribution in [0.15, 0.2) is 0 Å². The van der Waals surface area contributed by atoms with Gasteiger partial charge >= 0.3 is 12.4 Å². The second-order valence-corrected chi connectivity index (χ2v) is 30.0. The Bertz CT molecular complexity index is 3010. The van der Waals surface area contributed by atoms with Crippen molar-refractivity contribution in [2.75, 3.05) is 82.6 Å². The molecule has 2 bridgehead atoms. The van der Waals surface area contributed by atoms with Crippen LogP contribution in [0.4, 0.5) is 35.1 Å². The van der Waals surface area contributed by atoms with E-state index >= 15 is 28.0 Å². The maximum atomic E-state index is 15.3. The molecule has 7 rings (SSSR count). The third kappa shape index (κ3) is 18.9. The van der Waals surface area contributed by atoms with Crippen LogP contribution in [0.5, 0.6) is 0 Å². The highest BCUT2D eigenvalue weighted by Gasteiger charge is 2.56. The highest BCUT2D eigenvalue weighted by atomic mass is 19.4. The van der Waals surface area contributed by atoms with Gasteiger partial charge < -0.3 is 60.0 Å². The smallest absolute Gasteiger partial charge is 0.347 e. The molecule has 101 heavy (non-hydrogen) atoms. The molecule has 3 saturated heterocycles. The molecule has 3 N–H and O–H groups in total. The predicted octanol–water partition coefficient (Wildman–Crippen LogP) is 5.14. The lowest BCUT2D eigenvalue weighted by Crippen LogP contribution is -2.70. The number of fused-ring (bicyclic) bond motifs is 3. The summed E-state index contributed by atoms with van der Waals surface area (Å²) in [5.41, 5.74) is -1.62. The van der Waals surface area contributed by atoms with E-state index in [1.54, 1.807) is 20.8 Å². The van der Waals surface area contributed by atoms with Gasteiger partial charge in [0.1, 0.15) is 72.1 Å². The number of rotatable bonds is 10. The number of hydrogen-bond donors (Lipinski definition) is 3. The monoisotopic (exact) mass is 1450 g/mol. The molecule has 0 radical (unpaired) electrons. The molecule has 4 saturated carbocycles. The number of halogens is 8. The lowest BCUT2D eigenvalue weighted by atomic mass is 9.74. The zero-order valence-electron chi connectivity index (χ0n) is 60.3. The fourth-order valence-corrected chi connectivity index (χ4v) is 16.2. The van der Waals surface area contributed by atoms with Gasteiger partial charge in [-0.25, -0.2) is 8.78 Å². The maximum absolute atomic E-state index is 15.3. The van der Waals surface area contributed by atoms with Crippen LogP contribution in [0.2, 0.25) is 0 Å². The van der Waals surface area contributed by atoms with Crippen LogP contribution in [0.1, 0.15) is 168 Å². The number of carbonyl (C=O) groups excluding carboxylic acids is 12. The van der Waals surface area contributed by atoms with E-state index in [9.17, 15) is 64.7 Å². The number of likely N-dealkylation sites (N-methyl/N-ethyl adjacent to an activating group) is 7. The number of alkyl halides is 8. The lowest BCUT2D eigenvalue weighted by Gasteiger charge is -2.48. The van der Waals surface area contributed by atoms with Gasteiger partial charge in [-0.2, -0.15) is 26.3 Å². The van der Waals surface area contributed by atoms with Crippen LogP contribution in [0.3, 0.4) is 0 Å². The van der Waals surface area contributed by atoms with Crippen LogP contribution < -0.4 is 16.0 Å². The third-order valence-electron chi connectivity index (χ3n) is 23.0. The van der Waals surface area contributed by atoms with Crippen molar-refractivity contribution in [2.45, 2.75) is 247 Å². The summed E-state index contributed by atoms with van der Waals surface area (Å²) in [5, 5.41) is 8.26. The Balaban J connectivity index is 1.26. The Hall–Kier alpha value is -6.92. The second kappa shape index (κ2) is 34.1. The summed E-state index contributed by atoms with van der Waals surface area (Å²) in [6.45, 7) is 3.49. The highest BCUT2D eigenvalue weighted by Crippen LogP contribution is 2.46. The Morgan fingerprint density at radius 2 is 1.19 bits per heavy atom. The van der Waals surface area contributed by atoms with Crippen LogP contribution in [0, 0.1) is 35.5 Å². The Morgan fingerprint density at radius 1 is 0.584 bits per heavy atom. The fraction of sp³-hybridized carbons (Fsp3) is 0.826. The van der Waals surface area contributed by atoms with Crippen molar-refractivity contribution in [3.05, 3.63) is 0 Å². The van der Waals surface area contributed by atoms with Gasteiger partial charge in [-0.1, -0.05) is 40.0 Å². The van der Waals surface area contributed by atoms with Gasteiger partial charge in [-0.3, -0.25) is 57.5 Å². The van der Waals surface area contributed by atoms with Gasteiger partial charge in [0, 0.05) is 69.5 Å². The lowest BCUT2D eigenvalue weighted by molar-refractivity contribution is -0.219. The average Bonchev–Trinajstić information content (AvgIpc) is 1.40. The van der Waals surface area contributed by atoms with Crippen LogP contribution in [0.25, 0.3) is 0 Å².